The summed E-state index contributed by atoms with van der Waals surface area (Å²) in [5.74, 6) is -0.300. The first-order valence-electron chi connectivity index (χ1n) is 7.04. The first kappa shape index (κ1) is 14.5. The number of rotatable bonds is 2. The van der Waals surface area contributed by atoms with Crippen molar-refractivity contribution in [1.82, 2.24) is 4.98 Å². The third-order valence-electron chi connectivity index (χ3n) is 3.49. The van der Waals surface area contributed by atoms with Crippen LogP contribution in [0.2, 0.25) is 19.6 Å². The van der Waals surface area contributed by atoms with Gasteiger partial charge in [0, 0.05) is 18.4 Å². The van der Waals surface area contributed by atoms with Gasteiger partial charge >= 0.3 is 5.63 Å². The first-order valence-corrected chi connectivity index (χ1v) is 10.5. The molecule has 114 valence electrons. The Hall–Kier alpha value is -2.41. The van der Waals surface area contributed by atoms with Crippen LogP contribution < -0.4 is 15.2 Å². The Bertz CT molecular complexity index is 950. The molecule has 0 aliphatic heterocycles. The number of anilines is 1. The number of aromatic nitrogens is 2. The molecule has 2 N–H and O–H groups in total. The van der Waals surface area contributed by atoms with Crippen molar-refractivity contribution in [3.63, 3.8) is 0 Å². The van der Waals surface area contributed by atoms with Crippen LogP contribution in [0.4, 0.5) is 5.69 Å². The summed E-state index contributed by atoms with van der Waals surface area (Å²) in [5, 5.41) is 3.28. The van der Waals surface area contributed by atoms with Crippen LogP contribution in [-0.2, 0) is 4.79 Å². The standard InChI is InChI=1S/C15H17N3O3Si/c1-9(19)17-12-5-10-6-13-11(7-14(10)21-15(12)20)16-8-18(13)22(2,3)4/h5-8H,1-4H3,(H,17,19)/p+1. The molecule has 0 atom stereocenters. The predicted molar refractivity (Wildman–Crippen MR) is 87.6 cm³/mol. The van der Waals surface area contributed by atoms with Crippen LogP contribution in [0.3, 0.4) is 0 Å². The van der Waals surface area contributed by atoms with E-state index in [1.54, 1.807) is 6.07 Å². The summed E-state index contributed by atoms with van der Waals surface area (Å²) in [4.78, 5) is 26.3. The Labute approximate surface area is 127 Å². The summed E-state index contributed by atoms with van der Waals surface area (Å²) < 4.78 is 7.56. The SMILES string of the molecule is CC(=O)Nc1cc2cc3c(cc2oc1=O)[nH]c[n+]3[Si](C)(C)C. The van der Waals surface area contributed by atoms with Gasteiger partial charge < -0.3 is 9.73 Å². The Balaban J connectivity index is 2.29. The summed E-state index contributed by atoms with van der Waals surface area (Å²) in [7, 11) is -1.56. The second-order valence-corrected chi connectivity index (χ2v) is 11.2. The summed E-state index contributed by atoms with van der Waals surface area (Å²) in [6.07, 6.45) is 1.96. The molecule has 0 spiro atoms. The molecule has 0 unspecified atom stereocenters. The van der Waals surface area contributed by atoms with E-state index in [0.29, 0.717) is 5.58 Å². The average molecular weight is 316 g/mol. The summed E-state index contributed by atoms with van der Waals surface area (Å²) >= 11 is 0. The molecule has 2 heterocycles. The smallest absolute Gasteiger partial charge is 0.360 e. The van der Waals surface area contributed by atoms with Crippen LogP contribution in [0, 0.1) is 0 Å². The van der Waals surface area contributed by atoms with Crippen molar-refractivity contribution in [2.45, 2.75) is 26.6 Å². The van der Waals surface area contributed by atoms with Gasteiger partial charge in [0.2, 0.25) is 12.2 Å². The third kappa shape index (κ3) is 2.43. The Kier molecular flexibility index (Phi) is 3.17. The highest BCUT2D eigenvalue weighted by Gasteiger charge is 2.26. The van der Waals surface area contributed by atoms with Crippen LogP contribution in [-0.4, -0.2) is 19.1 Å². The number of aromatic amines is 1. The molecule has 3 aromatic rings. The molecule has 0 radical (unpaired) electrons. The molecule has 6 nitrogen and oxygen atoms in total. The van der Waals surface area contributed by atoms with Crippen molar-refractivity contribution in [2.24, 2.45) is 0 Å². The maximum absolute atomic E-state index is 11.9. The lowest BCUT2D eigenvalue weighted by Gasteiger charge is -2.11. The molecular formula is C15H18N3O3Si+. The van der Waals surface area contributed by atoms with Crippen molar-refractivity contribution < 1.29 is 13.4 Å². The first-order chi connectivity index (χ1) is 10.3. The fraction of sp³-hybridized carbons (Fsp3) is 0.267. The third-order valence-corrected chi connectivity index (χ3v) is 5.31. The number of hydrogen-bond donors (Lipinski definition) is 2. The minimum absolute atomic E-state index is 0.162. The molecule has 1 aromatic carbocycles. The molecule has 0 aliphatic rings. The zero-order valence-corrected chi connectivity index (χ0v) is 14.0. The lowest BCUT2D eigenvalue weighted by Crippen LogP contribution is -2.57. The number of carbonyl (C=O) groups excluding carboxylic acids is 1. The van der Waals surface area contributed by atoms with Gasteiger partial charge in [0.1, 0.15) is 11.3 Å². The quantitative estimate of drug-likeness (QED) is 0.562. The van der Waals surface area contributed by atoms with Crippen molar-refractivity contribution >= 4 is 41.8 Å². The number of hydrogen-bond acceptors (Lipinski definition) is 3. The zero-order valence-electron chi connectivity index (χ0n) is 13.0. The van der Waals surface area contributed by atoms with Gasteiger partial charge in [-0.3, -0.25) is 9.03 Å². The van der Waals surface area contributed by atoms with E-state index in [1.165, 1.54) is 6.92 Å². The van der Waals surface area contributed by atoms with E-state index in [4.69, 9.17) is 4.42 Å². The topological polar surface area (TPSA) is 79.0 Å². The second-order valence-electron chi connectivity index (χ2n) is 6.35. The lowest BCUT2D eigenvalue weighted by atomic mass is 10.2. The highest BCUT2D eigenvalue weighted by atomic mass is 28.3. The molecule has 1 amide bonds. The maximum atomic E-state index is 11.9. The Morgan fingerprint density at radius 3 is 2.64 bits per heavy atom. The van der Waals surface area contributed by atoms with Crippen LogP contribution >= 0.6 is 0 Å². The monoisotopic (exact) mass is 316 g/mol. The van der Waals surface area contributed by atoms with Gasteiger partial charge in [0.25, 0.3) is 8.24 Å². The van der Waals surface area contributed by atoms with E-state index in [2.05, 4.69) is 34.2 Å². The fourth-order valence-electron chi connectivity index (χ4n) is 2.51. The fourth-order valence-corrected chi connectivity index (χ4v) is 3.86. The summed E-state index contributed by atoms with van der Waals surface area (Å²) in [5.41, 5.74) is 2.09. The van der Waals surface area contributed by atoms with Crippen LogP contribution in [0.5, 0.6) is 0 Å². The number of nitrogens with one attached hydrogen (secondary N) is 2. The summed E-state index contributed by atoms with van der Waals surface area (Å²) in [6, 6.07) is 5.46. The maximum Gasteiger partial charge on any atom is 0.360 e. The van der Waals surface area contributed by atoms with Gasteiger partial charge in [-0.05, 0) is 31.8 Å². The average Bonchev–Trinajstić information content (AvgIpc) is 2.79. The zero-order chi connectivity index (χ0) is 16.1. The van der Waals surface area contributed by atoms with Gasteiger partial charge in [-0.2, -0.15) is 0 Å². The van der Waals surface area contributed by atoms with E-state index >= 15 is 0 Å². The van der Waals surface area contributed by atoms with Gasteiger partial charge in [-0.15, -0.1) is 0 Å². The predicted octanol–water partition coefficient (Wildman–Crippen LogP) is 2.20. The molecule has 0 saturated heterocycles. The molecular weight excluding hydrogens is 298 g/mol. The van der Waals surface area contributed by atoms with E-state index in [-0.39, 0.29) is 11.6 Å². The van der Waals surface area contributed by atoms with E-state index in [1.807, 2.05) is 18.5 Å². The van der Waals surface area contributed by atoms with Gasteiger partial charge in [-0.1, -0.05) is 0 Å². The number of H-pyrrole nitrogens is 1. The largest absolute Gasteiger partial charge is 0.421 e. The molecule has 0 aliphatic carbocycles. The number of fused-ring (bicyclic) bond motifs is 2. The molecule has 22 heavy (non-hydrogen) atoms. The number of amides is 1. The Morgan fingerprint density at radius 1 is 1.27 bits per heavy atom. The van der Waals surface area contributed by atoms with Crippen LogP contribution in [0.1, 0.15) is 6.92 Å². The van der Waals surface area contributed by atoms with Gasteiger partial charge in [0.05, 0.1) is 0 Å². The molecule has 0 bridgehead atoms. The highest BCUT2D eigenvalue weighted by Crippen LogP contribution is 2.21. The Morgan fingerprint density at radius 2 is 2.00 bits per heavy atom. The van der Waals surface area contributed by atoms with Crippen molar-refractivity contribution in [3.05, 3.63) is 34.9 Å². The summed E-state index contributed by atoms with van der Waals surface area (Å²) in [6.45, 7) is 8.10. The minimum atomic E-state index is -1.56. The highest BCUT2D eigenvalue weighted by molar-refractivity contribution is 6.67. The van der Waals surface area contributed by atoms with Crippen LogP contribution in [0.15, 0.2) is 33.7 Å². The van der Waals surface area contributed by atoms with Crippen LogP contribution in [0.25, 0.3) is 22.0 Å². The number of carbonyl (C=O) groups is 1. The normalized spacial score (nSPS) is 12.0. The molecule has 0 saturated carbocycles. The number of imidazole rings is 1. The van der Waals surface area contributed by atoms with E-state index < -0.39 is 13.9 Å². The van der Waals surface area contributed by atoms with Crippen molar-refractivity contribution in [1.29, 1.82) is 0 Å². The van der Waals surface area contributed by atoms with E-state index in [0.717, 1.165) is 16.4 Å². The number of benzene rings is 1. The molecule has 3 rings (SSSR count). The lowest BCUT2D eigenvalue weighted by molar-refractivity contribution is -0.515. The molecule has 7 heteroatoms. The second kappa shape index (κ2) is 4.81. The molecule has 2 aromatic heterocycles. The van der Waals surface area contributed by atoms with Crippen molar-refractivity contribution in [3.8, 4) is 0 Å². The minimum Gasteiger partial charge on any atom is -0.421 e. The van der Waals surface area contributed by atoms with Gasteiger partial charge in [0.15, 0.2) is 11.0 Å². The number of nitrogens with zero attached hydrogens (tertiary/aromatic N) is 1. The van der Waals surface area contributed by atoms with E-state index in [9.17, 15) is 9.59 Å². The molecule has 0 fully saturated rings. The van der Waals surface area contributed by atoms with Crippen molar-refractivity contribution in [2.75, 3.05) is 5.32 Å². The van der Waals surface area contributed by atoms with Gasteiger partial charge in [-0.25, -0.2) is 9.78 Å².